The van der Waals surface area contributed by atoms with Gasteiger partial charge in [0.1, 0.15) is 0 Å². The van der Waals surface area contributed by atoms with E-state index in [0.29, 0.717) is 5.69 Å². The number of aromatic nitrogens is 4. The number of carbonyl (C=O) groups excluding carboxylic acids is 1. The van der Waals surface area contributed by atoms with Gasteiger partial charge in [0.15, 0.2) is 5.69 Å². The van der Waals surface area contributed by atoms with Gasteiger partial charge < -0.3 is 5.32 Å². The molecule has 0 aliphatic heterocycles. The fourth-order valence-corrected chi connectivity index (χ4v) is 4.49. The van der Waals surface area contributed by atoms with Gasteiger partial charge in [-0.2, -0.15) is 10.2 Å². The van der Waals surface area contributed by atoms with Gasteiger partial charge in [-0.15, -0.1) is 0 Å². The molecule has 1 amide bonds. The topological polar surface area (TPSA) is 64.7 Å². The van der Waals surface area contributed by atoms with Crippen LogP contribution >= 0.6 is 0 Å². The molecule has 1 aliphatic rings. The van der Waals surface area contributed by atoms with Gasteiger partial charge in [-0.1, -0.05) is 24.6 Å². The maximum absolute atomic E-state index is 13.3. The number of rotatable bonds is 4. The summed E-state index contributed by atoms with van der Waals surface area (Å²) in [4.78, 5) is 13.3. The van der Waals surface area contributed by atoms with Crippen LogP contribution in [0.25, 0.3) is 5.69 Å². The highest BCUT2D eigenvalue weighted by Gasteiger charge is 2.26. The summed E-state index contributed by atoms with van der Waals surface area (Å²) >= 11 is 0. The van der Waals surface area contributed by atoms with Gasteiger partial charge in [-0.3, -0.25) is 9.48 Å². The molecule has 6 heteroatoms. The Morgan fingerprint density at radius 3 is 2.48 bits per heavy atom. The minimum atomic E-state index is -0.125. The minimum absolute atomic E-state index is 0.104. The van der Waals surface area contributed by atoms with E-state index in [0.717, 1.165) is 53.9 Å². The van der Waals surface area contributed by atoms with E-state index < -0.39 is 0 Å². The van der Waals surface area contributed by atoms with E-state index in [1.54, 1.807) is 0 Å². The molecule has 152 valence electrons. The van der Waals surface area contributed by atoms with Gasteiger partial charge in [0.25, 0.3) is 5.91 Å². The first kappa shape index (κ1) is 19.4. The Morgan fingerprint density at radius 2 is 1.79 bits per heavy atom. The van der Waals surface area contributed by atoms with Crippen molar-refractivity contribution < 1.29 is 4.79 Å². The molecule has 0 saturated carbocycles. The lowest BCUT2D eigenvalue weighted by atomic mass is 10.0. The zero-order valence-corrected chi connectivity index (χ0v) is 17.7. The van der Waals surface area contributed by atoms with Crippen LogP contribution in [0.1, 0.15) is 70.9 Å². The number of nitrogens with zero attached hydrogens (tertiary/aromatic N) is 4. The zero-order valence-electron chi connectivity index (χ0n) is 17.7. The minimum Gasteiger partial charge on any atom is -0.344 e. The molecule has 1 aromatic carbocycles. The summed E-state index contributed by atoms with van der Waals surface area (Å²) in [6, 6.07) is 9.99. The summed E-state index contributed by atoms with van der Waals surface area (Å²) < 4.78 is 3.84. The monoisotopic (exact) mass is 391 g/mol. The molecule has 2 heterocycles. The van der Waals surface area contributed by atoms with Crippen molar-refractivity contribution in [1.82, 2.24) is 24.9 Å². The molecule has 2 aromatic heterocycles. The highest BCUT2D eigenvalue weighted by atomic mass is 16.2. The van der Waals surface area contributed by atoms with Crippen molar-refractivity contribution in [3.63, 3.8) is 0 Å². The highest BCUT2D eigenvalue weighted by molar-refractivity contribution is 5.94. The van der Waals surface area contributed by atoms with Crippen molar-refractivity contribution in [2.24, 2.45) is 7.05 Å². The largest absolute Gasteiger partial charge is 0.344 e. The van der Waals surface area contributed by atoms with Crippen LogP contribution in [0.15, 0.2) is 30.3 Å². The summed E-state index contributed by atoms with van der Waals surface area (Å²) in [5.74, 6) is -0.104. The first-order chi connectivity index (χ1) is 14.0. The van der Waals surface area contributed by atoms with Crippen LogP contribution in [0.5, 0.6) is 0 Å². The maximum Gasteiger partial charge on any atom is 0.272 e. The third-order valence-electron chi connectivity index (χ3n) is 5.99. The van der Waals surface area contributed by atoms with E-state index in [9.17, 15) is 4.79 Å². The molecule has 1 atom stereocenters. The fourth-order valence-electron chi connectivity index (χ4n) is 4.49. The molecule has 0 fully saturated rings. The molecule has 4 rings (SSSR count). The molecule has 1 unspecified atom stereocenters. The summed E-state index contributed by atoms with van der Waals surface area (Å²) in [7, 11) is 1.93. The molecular weight excluding hydrogens is 362 g/mol. The Bertz CT molecular complexity index is 1030. The van der Waals surface area contributed by atoms with Gasteiger partial charge in [0, 0.05) is 29.6 Å². The lowest BCUT2D eigenvalue weighted by molar-refractivity contribution is 0.0933. The molecule has 29 heavy (non-hydrogen) atoms. The van der Waals surface area contributed by atoms with Gasteiger partial charge in [-0.05, 0) is 58.6 Å². The molecule has 1 aliphatic carbocycles. The molecular formula is C23H29N5O. The van der Waals surface area contributed by atoms with Gasteiger partial charge >= 0.3 is 0 Å². The van der Waals surface area contributed by atoms with Crippen LogP contribution in [-0.2, 0) is 19.9 Å². The number of carbonyl (C=O) groups is 1. The average Bonchev–Trinajstić information content (AvgIpc) is 3.06. The third kappa shape index (κ3) is 3.59. The van der Waals surface area contributed by atoms with Crippen LogP contribution in [0.3, 0.4) is 0 Å². The Morgan fingerprint density at radius 1 is 1.07 bits per heavy atom. The number of hydrogen-bond acceptors (Lipinski definition) is 3. The number of benzene rings is 1. The number of amides is 1. The van der Waals surface area contributed by atoms with Crippen LogP contribution in [0.4, 0.5) is 0 Å². The first-order valence-corrected chi connectivity index (χ1v) is 10.4. The standard InChI is InChI=1S/C23H29N5O/c1-15(21-16(2)25-27(4)17(21)3)24-23(29)22-19-13-9-6-10-14-20(19)28(26-22)18-11-7-5-8-12-18/h5,7-8,11-12,15H,6,9-10,13-14H2,1-4H3,(H,24,29). The van der Waals surface area contributed by atoms with Crippen molar-refractivity contribution in [3.8, 4) is 5.69 Å². The summed E-state index contributed by atoms with van der Waals surface area (Å²) in [5.41, 5.74) is 6.97. The Hall–Kier alpha value is -2.89. The quantitative estimate of drug-likeness (QED) is 0.684. The van der Waals surface area contributed by atoms with Crippen molar-refractivity contribution in [2.75, 3.05) is 0 Å². The predicted molar refractivity (Wildman–Crippen MR) is 113 cm³/mol. The predicted octanol–water partition coefficient (Wildman–Crippen LogP) is 3.98. The number of aryl methyl sites for hydroxylation is 2. The van der Waals surface area contributed by atoms with Crippen molar-refractivity contribution in [1.29, 1.82) is 0 Å². The lowest BCUT2D eigenvalue weighted by Gasteiger charge is -2.14. The van der Waals surface area contributed by atoms with E-state index in [1.807, 2.05) is 67.5 Å². The number of fused-ring (bicyclic) bond motifs is 1. The Labute approximate surface area is 171 Å². The summed E-state index contributed by atoms with van der Waals surface area (Å²) in [6.45, 7) is 6.04. The normalized spacial score (nSPS) is 14.9. The molecule has 1 N–H and O–H groups in total. The summed E-state index contributed by atoms with van der Waals surface area (Å²) in [6.07, 6.45) is 5.29. The van der Waals surface area contributed by atoms with E-state index in [1.165, 1.54) is 12.1 Å². The average molecular weight is 392 g/mol. The second kappa shape index (κ2) is 7.85. The van der Waals surface area contributed by atoms with Crippen molar-refractivity contribution >= 4 is 5.91 Å². The highest BCUT2D eigenvalue weighted by Crippen LogP contribution is 2.27. The third-order valence-corrected chi connectivity index (χ3v) is 5.99. The first-order valence-electron chi connectivity index (χ1n) is 10.4. The van der Waals surface area contributed by atoms with E-state index >= 15 is 0 Å². The van der Waals surface area contributed by atoms with Crippen LogP contribution < -0.4 is 5.32 Å². The zero-order chi connectivity index (χ0) is 20.5. The number of para-hydroxylation sites is 1. The number of nitrogens with one attached hydrogen (secondary N) is 1. The Kier molecular flexibility index (Phi) is 5.26. The van der Waals surface area contributed by atoms with E-state index in [-0.39, 0.29) is 11.9 Å². The molecule has 0 saturated heterocycles. The van der Waals surface area contributed by atoms with Crippen molar-refractivity contribution in [3.05, 3.63) is 64.2 Å². The molecule has 6 nitrogen and oxygen atoms in total. The number of hydrogen-bond donors (Lipinski definition) is 1. The van der Waals surface area contributed by atoms with Gasteiger partial charge in [-0.25, -0.2) is 4.68 Å². The van der Waals surface area contributed by atoms with Gasteiger partial charge in [0.2, 0.25) is 0 Å². The molecule has 0 radical (unpaired) electrons. The fraction of sp³-hybridized carbons (Fsp3) is 0.435. The maximum atomic E-state index is 13.3. The second-order valence-corrected chi connectivity index (χ2v) is 7.99. The Balaban J connectivity index is 1.69. The smallest absolute Gasteiger partial charge is 0.272 e. The molecule has 0 bridgehead atoms. The molecule has 3 aromatic rings. The van der Waals surface area contributed by atoms with Crippen LogP contribution in [-0.4, -0.2) is 25.5 Å². The lowest BCUT2D eigenvalue weighted by Crippen LogP contribution is -2.28. The summed E-state index contributed by atoms with van der Waals surface area (Å²) in [5, 5.41) is 12.4. The van der Waals surface area contributed by atoms with Crippen LogP contribution in [0.2, 0.25) is 0 Å². The second-order valence-electron chi connectivity index (χ2n) is 7.99. The van der Waals surface area contributed by atoms with Crippen LogP contribution in [0, 0.1) is 13.8 Å². The van der Waals surface area contributed by atoms with E-state index in [4.69, 9.17) is 5.10 Å². The van der Waals surface area contributed by atoms with Crippen molar-refractivity contribution in [2.45, 2.75) is 58.9 Å². The van der Waals surface area contributed by atoms with Gasteiger partial charge in [0.05, 0.1) is 17.4 Å². The molecule has 0 spiro atoms. The van der Waals surface area contributed by atoms with E-state index in [2.05, 4.69) is 10.4 Å². The SMILES string of the molecule is Cc1nn(C)c(C)c1C(C)NC(=O)c1nn(-c2ccccc2)c2c1CCCCC2.